The second kappa shape index (κ2) is 5.60. The Morgan fingerprint density at radius 3 is 2.87 bits per heavy atom. The van der Waals surface area contributed by atoms with E-state index in [1.165, 1.54) is 0 Å². The van der Waals surface area contributed by atoms with Crippen molar-refractivity contribution in [1.82, 2.24) is 4.98 Å². The number of nitrogens with zero attached hydrogens (tertiary/aromatic N) is 1. The van der Waals surface area contributed by atoms with Gasteiger partial charge in [0.25, 0.3) is 0 Å². The van der Waals surface area contributed by atoms with Gasteiger partial charge in [-0.2, -0.15) is 0 Å². The van der Waals surface area contributed by atoms with E-state index in [9.17, 15) is 9.00 Å². The van der Waals surface area contributed by atoms with Crippen LogP contribution in [0.3, 0.4) is 0 Å². The Labute approximate surface area is 90.8 Å². The maximum absolute atomic E-state index is 11.7. The Balaban J connectivity index is 2.66. The van der Waals surface area contributed by atoms with Crippen LogP contribution < -0.4 is 0 Å². The van der Waals surface area contributed by atoms with Gasteiger partial charge in [-0.1, -0.05) is 13.0 Å². The summed E-state index contributed by atoms with van der Waals surface area (Å²) < 4.78 is 11.7. The van der Waals surface area contributed by atoms with Crippen LogP contribution >= 0.6 is 0 Å². The smallest absolute Gasteiger partial charge is 0.319 e. The van der Waals surface area contributed by atoms with Gasteiger partial charge in [0, 0.05) is 23.2 Å². The van der Waals surface area contributed by atoms with Gasteiger partial charge in [-0.15, -0.1) is 0 Å². The van der Waals surface area contributed by atoms with Gasteiger partial charge in [0.15, 0.2) is 0 Å². The molecule has 1 N–H and O–H groups in total. The summed E-state index contributed by atoms with van der Waals surface area (Å²) in [6, 6.07) is 3.54. The topological polar surface area (TPSA) is 67.3 Å². The molecular weight excluding hydrogens is 214 g/mol. The molecule has 0 saturated carbocycles. The number of aromatic nitrogens is 1. The lowest BCUT2D eigenvalue weighted by Crippen LogP contribution is -2.25. The van der Waals surface area contributed by atoms with Crippen molar-refractivity contribution in [3.8, 4) is 0 Å². The summed E-state index contributed by atoms with van der Waals surface area (Å²) in [5.74, 6) is -0.752. The van der Waals surface area contributed by atoms with Crippen LogP contribution in [0, 0.1) is 0 Å². The maximum atomic E-state index is 11.7. The zero-order chi connectivity index (χ0) is 11.3. The highest BCUT2D eigenvalue weighted by Gasteiger charge is 2.22. The van der Waals surface area contributed by atoms with E-state index in [0.717, 1.165) is 5.56 Å². The lowest BCUT2D eigenvalue weighted by Gasteiger charge is -2.09. The van der Waals surface area contributed by atoms with Gasteiger partial charge >= 0.3 is 5.97 Å². The minimum absolute atomic E-state index is 0.249. The van der Waals surface area contributed by atoms with Crippen LogP contribution in [0.1, 0.15) is 18.9 Å². The molecule has 5 heteroatoms. The van der Waals surface area contributed by atoms with Crippen LogP contribution in [0.25, 0.3) is 0 Å². The van der Waals surface area contributed by atoms with Crippen LogP contribution in [0.4, 0.5) is 0 Å². The monoisotopic (exact) mass is 227 g/mol. The van der Waals surface area contributed by atoms with Crippen molar-refractivity contribution < 1.29 is 14.1 Å². The number of hydrogen-bond donors (Lipinski definition) is 1. The lowest BCUT2D eigenvalue weighted by molar-refractivity contribution is -0.136. The molecular formula is C10H13NO3S. The van der Waals surface area contributed by atoms with Gasteiger partial charge in [0.2, 0.25) is 0 Å². The molecule has 0 aliphatic heterocycles. The predicted octanol–water partition coefficient (Wildman–Crippen LogP) is 1.19. The van der Waals surface area contributed by atoms with Crippen LogP contribution in [0.2, 0.25) is 0 Å². The molecule has 2 atom stereocenters. The number of carboxylic acid groups (broad SMARTS) is 1. The molecule has 0 aromatic carbocycles. The average molecular weight is 227 g/mol. The molecule has 0 fully saturated rings. The molecule has 0 amide bonds. The predicted molar refractivity (Wildman–Crippen MR) is 57.8 cm³/mol. The average Bonchev–Trinajstić information content (AvgIpc) is 2.19. The standard InChI is InChI=1S/C10H13NO3S/c1-2-9(10(12)13)15(14)7-8-4-3-5-11-6-8/h3-6,9H,2,7H2,1H3,(H,12,13). The molecule has 1 rings (SSSR count). The van der Waals surface area contributed by atoms with Crippen LogP contribution in [-0.4, -0.2) is 25.5 Å². The highest BCUT2D eigenvalue weighted by atomic mass is 32.2. The molecule has 4 nitrogen and oxygen atoms in total. The third-order valence-electron chi connectivity index (χ3n) is 2.00. The maximum Gasteiger partial charge on any atom is 0.319 e. The van der Waals surface area contributed by atoms with Crippen molar-refractivity contribution in [2.45, 2.75) is 24.3 Å². The second-order valence-corrected chi connectivity index (χ2v) is 4.74. The Bertz CT molecular complexity index is 353. The van der Waals surface area contributed by atoms with Gasteiger partial charge in [0.1, 0.15) is 5.25 Å². The van der Waals surface area contributed by atoms with E-state index < -0.39 is 22.0 Å². The molecule has 82 valence electrons. The van der Waals surface area contributed by atoms with E-state index in [1.807, 2.05) is 0 Å². The first-order valence-corrected chi connectivity index (χ1v) is 6.02. The molecule has 2 unspecified atom stereocenters. The minimum atomic E-state index is -1.38. The van der Waals surface area contributed by atoms with Crippen LogP contribution in [0.15, 0.2) is 24.5 Å². The first-order chi connectivity index (χ1) is 7.15. The summed E-state index contributed by atoms with van der Waals surface area (Å²) in [6.45, 7) is 1.72. The van der Waals surface area contributed by atoms with Gasteiger partial charge in [0.05, 0.1) is 5.75 Å². The third-order valence-corrected chi connectivity index (χ3v) is 3.78. The van der Waals surface area contributed by atoms with Crippen molar-refractivity contribution in [3.05, 3.63) is 30.1 Å². The van der Waals surface area contributed by atoms with E-state index in [4.69, 9.17) is 5.11 Å². The van der Waals surface area contributed by atoms with Crippen molar-refractivity contribution in [2.75, 3.05) is 0 Å². The molecule has 0 aliphatic carbocycles. The SMILES string of the molecule is CCC(C(=O)O)S(=O)Cc1cccnc1. The largest absolute Gasteiger partial charge is 0.480 e. The molecule has 1 aromatic heterocycles. The van der Waals surface area contributed by atoms with Crippen LogP contribution in [-0.2, 0) is 21.3 Å². The Hall–Kier alpha value is -1.23. The number of hydrogen-bond acceptors (Lipinski definition) is 3. The molecule has 0 saturated heterocycles. The summed E-state index contributed by atoms with van der Waals surface area (Å²) >= 11 is 0. The lowest BCUT2D eigenvalue weighted by atomic mass is 10.3. The summed E-state index contributed by atoms with van der Waals surface area (Å²) in [5.41, 5.74) is 0.801. The van der Waals surface area contributed by atoms with Gasteiger partial charge in [-0.25, -0.2) is 0 Å². The van der Waals surface area contributed by atoms with Crippen molar-refractivity contribution in [2.24, 2.45) is 0 Å². The fourth-order valence-corrected chi connectivity index (χ4v) is 2.52. The summed E-state index contributed by atoms with van der Waals surface area (Å²) in [7, 11) is -1.38. The first kappa shape index (κ1) is 11.8. The fourth-order valence-electron chi connectivity index (χ4n) is 1.22. The van der Waals surface area contributed by atoms with E-state index in [-0.39, 0.29) is 5.75 Å². The number of aliphatic carboxylic acids is 1. The zero-order valence-electron chi connectivity index (χ0n) is 8.42. The number of pyridine rings is 1. The number of carbonyl (C=O) groups is 1. The number of carboxylic acids is 1. The molecule has 15 heavy (non-hydrogen) atoms. The summed E-state index contributed by atoms with van der Waals surface area (Å²) in [6.07, 6.45) is 3.61. The second-order valence-electron chi connectivity index (χ2n) is 3.12. The zero-order valence-corrected chi connectivity index (χ0v) is 9.24. The Morgan fingerprint density at radius 1 is 1.67 bits per heavy atom. The van der Waals surface area contributed by atoms with E-state index in [0.29, 0.717) is 6.42 Å². The number of rotatable bonds is 5. The molecule has 1 heterocycles. The normalized spacial score (nSPS) is 14.5. The van der Waals surface area contributed by atoms with E-state index in [1.54, 1.807) is 31.5 Å². The first-order valence-electron chi connectivity index (χ1n) is 4.64. The third kappa shape index (κ3) is 3.43. The van der Waals surface area contributed by atoms with Gasteiger partial charge in [-0.3, -0.25) is 14.0 Å². The quantitative estimate of drug-likeness (QED) is 0.820. The van der Waals surface area contributed by atoms with Crippen molar-refractivity contribution in [1.29, 1.82) is 0 Å². The van der Waals surface area contributed by atoms with Crippen molar-refractivity contribution >= 4 is 16.8 Å². The van der Waals surface area contributed by atoms with Gasteiger partial charge < -0.3 is 5.11 Å². The Kier molecular flexibility index (Phi) is 4.42. The van der Waals surface area contributed by atoms with Crippen LogP contribution in [0.5, 0.6) is 0 Å². The summed E-state index contributed by atoms with van der Waals surface area (Å²) in [4.78, 5) is 14.6. The summed E-state index contributed by atoms with van der Waals surface area (Å²) in [5, 5.41) is 8.03. The molecule has 1 aromatic rings. The minimum Gasteiger partial charge on any atom is -0.480 e. The van der Waals surface area contributed by atoms with Crippen molar-refractivity contribution in [3.63, 3.8) is 0 Å². The highest BCUT2D eigenvalue weighted by molar-refractivity contribution is 7.85. The van der Waals surface area contributed by atoms with E-state index in [2.05, 4.69) is 4.98 Å². The highest BCUT2D eigenvalue weighted by Crippen LogP contribution is 2.09. The fraction of sp³-hybridized carbons (Fsp3) is 0.400. The molecule has 0 aliphatic rings. The van der Waals surface area contributed by atoms with Gasteiger partial charge in [-0.05, 0) is 18.1 Å². The Morgan fingerprint density at radius 2 is 2.40 bits per heavy atom. The molecule has 0 spiro atoms. The molecule has 0 bridgehead atoms. The molecule has 0 radical (unpaired) electrons. The van der Waals surface area contributed by atoms with E-state index >= 15 is 0 Å².